The van der Waals surface area contributed by atoms with Gasteiger partial charge in [-0.25, -0.2) is 0 Å². The van der Waals surface area contributed by atoms with Crippen LogP contribution in [0.4, 0.5) is 0 Å². The molecular weight excluding hydrogens is 196 g/mol. The molecule has 0 aromatic heterocycles. The van der Waals surface area contributed by atoms with E-state index < -0.39 is 0 Å². The molecule has 0 fully saturated rings. The SMILES string of the molecule is C=C(C)C(=O)CCC1=C(C)CCC1C(=C)C. The average Bonchev–Trinajstić information content (AvgIpc) is 2.56. The van der Waals surface area contributed by atoms with E-state index in [2.05, 4.69) is 27.0 Å². The second-order valence-corrected chi connectivity index (χ2v) is 4.95. The number of carbonyl (C=O) groups is 1. The van der Waals surface area contributed by atoms with E-state index in [0.29, 0.717) is 17.9 Å². The van der Waals surface area contributed by atoms with Gasteiger partial charge in [0.15, 0.2) is 5.78 Å². The lowest BCUT2D eigenvalue weighted by molar-refractivity contribution is -0.115. The topological polar surface area (TPSA) is 17.1 Å². The molecule has 1 unspecified atom stereocenters. The zero-order valence-electron chi connectivity index (χ0n) is 10.7. The van der Waals surface area contributed by atoms with Crippen molar-refractivity contribution in [1.29, 1.82) is 0 Å². The molecular formula is C15H22O. The third-order valence-electron chi connectivity index (χ3n) is 3.47. The highest BCUT2D eigenvalue weighted by Crippen LogP contribution is 2.38. The van der Waals surface area contributed by atoms with E-state index >= 15 is 0 Å². The second kappa shape index (κ2) is 5.29. The van der Waals surface area contributed by atoms with Gasteiger partial charge < -0.3 is 0 Å². The smallest absolute Gasteiger partial charge is 0.158 e. The molecule has 0 aromatic rings. The van der Waals surface area contributed by atoms with Gasteiger partial charge in [0.25, 0.3) is 0 Å². The van der Waals surface area contributed by atoms with Gasteiger partial charge in [0.05, 0.1) is 0 Å². The third kappa shape index (κ3) is 2.94. The summed E-state index contributed by atoms with van der Waals surface area (Å²) in [4.78, 5) is 11.5. The normalized spacial score (nSPS) is 20.1. The number of hydrogen-bond acceptors (Lipinski definition) is 1. The van der Waals surface area contributed by atoms with Crippen LogP contribution in [0.5, 0.6) is 0 Å². The van der Waals surface area contributed by atoms with Crippen LogP contribution in [0, 0.1) is 5.92 Å². The van der Waals surface area contributed by atoms with Crippen LogP contribution in [-0.4, -0.2) is 5.78 Å². The van der Waals surface area contributed by atoms with Gasteiger partial charge in [-0.1, -0.05) is 29.9 Å². The fraction of sp³-hybridized carbons (Fsp3) is 0.533. The first-order valence-corrected chi connectivity index (χ1v) is 5.96. The summed E-state index contributed by atoms with van der Waals surface area (Å²) in [6.45, 7) is 13.8. The maximum Gasteiger partial charge on any atom is 0.158 e. The zero-order chi connectivity index (χ0) is 12.3. The van der Waals surface area contributed by atoms with Crippen molar-refractivity contribution in [1.82, 2.24) is 0 Å². The molecule has 1 heteroatoms. The molecule has 0 bridgehead atoms. The first-order valence-electron chi connectivity index (χ1n) is 5.96. The number of hydrogen-bond donors (Lipinski definition) is 0. The largest absolute Gasteiger partial charge is 0.295 e. The minimum atomic E-state index is 0.188. The Morgan fingerprint density at radius 3 is 2.50 bits per heavy atom. The lowest BCUT2D eigenvalue weighted by atomic mass is 9.90. The van der Waals surface area contributed by atoms with Crippen LogP contribution in [0.15, 0.2) is 35.5 Å². The molecule has 1 atom stereocenters. The Labute approximate surface area is 98.9 Å². The molecule has 16 heavy (non-hydrogen) atoms. The van der Waals surface area contributed by atoms with Gasteiger partial charge in [0.1, 0.15) is 0 Å². The van der Waals surface area contributed by atoms with Crippen LogP contribution in [-0.2, 0) is 4.79 Å². The van der Waals surface area contributed by atoms with Crippen LogP contribution < -0.4 is 0 Å². The van der Waals surface area contributed by atoms with Crippen molar-refractivity contribution in [2.75, 3.05) is 0 Å². The standard InChI is InChI=1S/C15H22O/c1-10(2)13-7-6-12(5)14(13)8-9-15(16)11(3)4/h13H,1,3,6-9H2,2,4-5H3. The van der Waals surface area contributed by atoms with Gasteiger partial charge in [0.2, 0.25) is 0 Å². The molecule has 0 saturated heterocycles. The maximum atomic E-state index is 11.5. The quantitative estimate of drug-likeness (QED) is 0.499. The van der Waals surface area contributed by atoms with Crippen LogP contribution in [0.2, 0.25) is 0 Å². The van der Waals surface area contributed by atoms with Gasteiger partial charge in [-0.2, -0.15) is 0 Å². The Kier molecular flexibility index (Phi) is 4.28. The van der Waals surface area contributed by atoms with Gasteiger partial charge in [-0.05, 0) is 45.6 Å². The average molecular weight is 218 g/mol. The lowest BCUT2D eigenvalue weighted by Crippen LogP contribution is -2.05. The zero-order valence-corrected chi connectivity index (χ0v) is 10.7. The van der Waals surface area contributed by atoms with Crippen LogP contribution >= 0.6 is 0 Å². The van der Waals surface area contributed by atoms with E-state index in [0.717, 1.165) is 12.8 Å². The van der Waals surface area contributed by atoms with Crippen molar-refractivity contribution < 1.29 is 4.79 Å². The summed E-state index contributed by atoms with van der Waals surface area (Å²) in [6.07, 6.45) is 3.83. The molecule has 0 radical (unpaired) electrons. The molecule has 0 N–H and O–H groups in total. The Morgan fingerprint density at radius 1 is 1.38 bits per heavy atom. The molecule has 0 aliphatic heterocycles. The molecule has 88 valence electrons. The summed E-state index contributed by atoms with van der Waals surface area (Å²) in [5, 5.41) is 0. The Morgan fingerprint density at radius 2 is 2.00 bits per heavy atom. The van der Waals surface area contributed by atoms with Crippen molar-refractivity contribution in [3.8, 4) is 0 Å². The monoisotopic (exact) mass is 218 g/mol. The number of ketones is 1. The van der Waals surface area contributed by atoms with Crippen LogP contribution in [0.1, 0.15) is 46.5 Å². The first-order chi connectivity index (χ1) is 7.43. The van der Waals surface area contributed by atoms with Crippen molar-refractivity contribution in [3.05, 3.63) is 35.5 Å². The third-order valence-corrected chi connectivity index (χ3v) is 3.47. The first kappa shape index (κ1) is 13.0. The molecule has 0 saturated carbocycles. The minimum Gasteiger partial charge on any atom is -0.295 e. The molecule has 1 rings (SSSR count). The fourth-order valence-corrected chi connectivity index (χ4v) is 2.39. The highest BCUT2D eigenvalue weighted by atomic mass is 16.1. The highest BCUT2D eigenvalue weighted by Gasteiger charge is 2.23. The number of allylic oxidation sites excluding steroid dienone is 4. The van der Waals surface area contributed by atoms with Crippen LogP contribution in [0.3, 0.4) is 0 Å². The maximum absolute atomic E-state index is 11.5. The molecule has 1 aliphatic carbocycles. The van der Waals surface area contributed by atoms with E-state index in [9.17, 15) is 4.79 Å². The van der Waals surface area contributed by atoms with E-state index in [1.54, 1.807) is 6.92 Å². The minimum absolute atomic E-state index is 0.188. The Balaban J connectivity index is 2.65. The lowest BCUT2D eigenvalue weighted by Gasteiger charge is -2.15. The van der Waals surface area contributed by atoms with Crippen molar-refractivity contribution in [2.24, 2.45) is 5.92 Å². The van der Waals surface area contributed by atoms with E-state index in [1.165, 1.54) is 23.1 Å². The summed E-state index contributed by atoms with van der Waals surface area (Å²) in [5.41, 5.74) is 4.81. The molecule has 1 nitrogen and oxygen atoms in total. The molecule has 0 aromatic carbocycles. The molecule has 1 aliphatic rings. The summed E-state index contributed by atoms with van der Waals surface area (Å²) in [7, 11) is 0. The molecule has 0 spiro atoms. The Hall–Kier alpha value is -1.11. The van der Waals surface area contributed by atoms with E-state index in [1.807, 2.05) is 0 Å². The van der Waals surface area contributed by atoms with E-state index in [-0.39, 0.29) is 5.78 Å². The van der Waals surface area contributed by atoms with Crippen molar-refractivity contribution >= 4 is 5.78 Å². The summed E-state index contributed by atoms with van der Waals surface area (Å²) in [6, 6.07) is 0. The summed E-state index contributed by atoms with van der Waals surface area (Å²) < 4.78 is 0. The van der Waals surface area contributed by atoms with Crippen molar-refractivity contribution in [2.45, 2.75) is 46.5 Å². The molecule has 0 amide bonds. The number of rotatable bonds is 5. The predicted molar refractivity (Wildman–Crippen MR) is 69.3 cm³/mol. The van der Waals surface area contributed by atoms with Crippen molar-refractivity contribution in [3.63, 3.8) is 0 Å². The van der Waals surface area contributed by atoms with Crippen LogP contribution in [0.25, 0.3) is 0 Å². The number of Topliss-reactive ketones (excluding diaryl/α,β-unsaturated/α-hetero) is 1. The molecule has 0 heterocycles. The number of carbonyl (C=O) groups excluding carboxylic acids is 1. The summed E-state index contributed by atoms with van der Waals surface area (Å²) >= 11 is 0. The summed E-state index contributed by atoms with van der Waals surface area (Å²) in [5.74, 6) is 0.700. The van der Waals surface area contributed by atoms with Gasteiger partial charge in [-0.15, -0.1) is 0 Å². The highest BCUT2D eigenvalue weighted by molar-refractivity contribution is 5.94. The second-order valence-electron chi connectivity index (χ2n) is 4.95. The Bertz CT molecular complexity index is 358. The predicted octanol–water partition coefficient (Wildman–Crippen LogP) is 4.21. The van der Waals surface area contributed by atoms with Gasteiger partial charge in [-0.3, -0.25) is 4.79 Å². The van der Waals surface area contributed by atoms with E-state index in [4.69, 9.17) is 0 Å². The van der Waals surface area contributed by atoms with Gasteiger partial charge in [0, 0.05) is 12.3 Å². The fourth-order valence-electron chi connectivity index (χ4n) is 2.39. The van der Waals surface area contributed by atoms with Gasteiger partial charge >= 0.3 is 0 Å².